The van der Waals surface area contributed by atoms with E-state index in [1.807, 2.05) is 0 Å². The van der Waals surface area contributed by atoms with E-state index < -0.39 is 10.0 Å². The van der Waals surface area contributed by atoms with E-state index in [1.165, 1.54) is 24.3 Å². The molecule has 0 heterocycles. The van der Waals surface area contributed by atoms with Crippen molar-refractivity contribution < 1.29 is 13.6 Å². The average molecular weight is 306 g/mol. The lowest BCUT2D eigenvalue weighted by Crippen LogP contribution is -2.42. The fourth-order valence-electron chi connectivity index (χ4n) is 1.48. The molecule has 6 nitrogen and oxygen atoms in total. The van der Waals surface area contributed by atoms with Gasteiger partial charge in [0, 0.05) is 11.1 Å². The van der Waals surface area contributed by atoms with Crippen molar-refractivity contribution in [2.75, 3.05) is 6.54 Å². The molecule has 0 fully saturated rings. The summed E-state index contributed by atoms with van der Waals surface area (Å²) in [6.07, 6.45) is 0. The second-order valence-corrected chi connectivity index (χ2v) is 6.52. The van der Waals surface area contributed by atoms with Gasteiger partial charge in [-0.15, -0.1) is 0 Å². The average Bonchev–Trinajstić information content (AvgIpc) is 2.35. The van der Waals surface area contributed by atoms with Gasteiger partial charge in [0.05, 0.1) is 11.4 Å². The Labute approximate surface area is 117 Å². The zero-order chi connectivity index (χ0) is 14.6. The van der Waals surface area contributed by atoms with Crippen LogP contribution in [0.4, 0.5) is 0 Å². The molecular weight excluding hydrogens is 290 g/mol. The van der Waals surface area contributed by atoms with Crippen LogP contribution < -0.4 is 5.73 Å². The summed E-state index contributed by atoms with van der Waals surface area (Å²) in [4.78, 5) is 0.108. The fraction of sp³-hybridized carbons (Fsp3) is 0.364. The van der Waals surface area contributed by atoms with Gasteiger partial charge < -0.3 is 10.9 Å². The maximum absolute atomic E-state index is 12.4. The molecule has 1 aromatic rings. The predicted molar refractivity (Wildman–Crippen MR) is 73.9 cm³/mol. The van der Waals surface area contributed by atoms with E-state index in [0.717, 1.165) is 4.31 Å². The lowest BCUT2D eigenvalue weighted by Gasteiger charge is -2.25. The molecule has 8 heteroatoms. The molecule has 0 aliphatic carbocycles. The quantitative estimate of drug-likeness (QED) is 0.373. The summed E-state index contributed by atoms with van der Waals surface area (Å²) < 4.78 is 26.0. The number of hydrogen-bond acceptors (Lipinski definition) is 4. The van der Waals surface area contributed by atoms with Crippen LogP contribution in [-0.2, 0) is 10.0 Å². The first-order chi connectivity index (χ1) is 8.78. The van der Waals surface area contributed by atoms with Gasteiger partial charge in [-0.3, -0.25) is 0 Å². The summed E-state index contributed by atoms with van der Waals surface area (Å²) in [5, 5.41) is 11.8. The highest BCUT2D eigenvalue weighted by atomic mass is 35.5. The second kappa shape index (κ2) is 6.23. The first-order valence-corrected chi connectivity index (χ1v) is 7.34. The standard InChI is InChI=1S/C11H16ClN3O3S/c1-8(2)15(7-11(13)14-16)19(17,18)10-5-3-9(12)4-6-10/h3-6,8,16H,7H2,1-2H3,(H2,13,14). The zero-order valence-electron chi connectivity index (χ0n) is 10.6. The Bertz CT molecular complexity index is 555. The highest BCUT2D eigenvalue weighted by Crippen LogP contribution is 2.20. The van der Waals surface area contributed by atoms with Crippen molar-refractivity contribution in [1.29, 1.82) is 0 Å². The van der Waals surface area contributed by atoms with Crippen LogP contribution in [0, 0.1) is 0 Å². The van der Waals surface area contributed by atoms with Crippen LogP contribution in [0.15, 0.2) is 34.3 Å². The molecule has 19 heavy (non-hydrogen) atoms. The Kier molecular flexibility index (Phi) is 5.16. The number of nitrogens with zero attached hydrogens (tertiary/aromatic N) is 2. The topological polar surface area (TPSA) is 96.0 Å². The number of hydrogen-bond donors (Lipinski definition) is 2. The normalized spacial score (nSPS) is 13.2. The van der Waals surface area contributed by atoms with Gasteiger partial charge in [0.1, 0.15) is 0 Å². The first-order valence-electron chi connectivity index (χ1n) is 5.53. The van der Waals surface area contributed by atoms with E-state index in [0.29, 0.717) is 5.02 Å². The summed E-state index contributed by atoms with van der Waals surface area (Å²) in [7, 11) is -3.72. The summed E-state index contributed by atoms with van der Waals surface area (Å²) in [6, 6.07) is 5.49. The van der Waals surface area contributed by atoms with Crippen LogP contribution in [0.1, 0.15) is 13.8 Å². The van der Waals surface area contributed by atoms with Gasteiger partial charge in [0.15, 0.2) is 5.84 Å². The largest absolute Gasteiger partial charge is 0.409 e. The van der Waals surface area contributed by atoms with E-state index in [-0.39, 0.29) is 23.3 Å². The highest BCUT2D eigenvalue weighted by molar-refractivity contribution is 7.89. The van der Waals surface area contributed by atoms with Crippen molar-refractivity contribution in [2.45, 2.75) is 24.8 Å². The molecule has 1 rings (SSSR count). The van der Waals surface area contributed by atoms with Crippen molar-refractivity contribution in [3.63, 3.8) is 0 Å². The lowest BCUT2D eigenvalue weighted by molar-refractivity contribution is 0.312. The van der Waals surface area contributed by atoms with E-state index in [1.54, 1.807) is 13.8 Å². The number of amidine groups is 1. The summed E-state index contributed by atoms with van der Waals surface area (Å²) >= 11 is 5.73. The molecule has 0 amide bonds. The minimum atomic E-state index is -3.72. The molecule has 0 saturated carbocycles. The number of sulfonamides is 1. The molecule has 0 aliphatic rings. The van der Waals surface area contributed by atoms with E-state index in [4.69, 9.17) is 22.5 Å². The van der Waals surface area contributed by atoms with Crippen molar-refractivity contribution in [1.82, 2.24) is 4.31 Å². The van der Waals surface area contributed by atoms with E-state index in [2.05, 4.69) is 5.16 Å². The maximum atomic E-state index is 12.4. The number of rotatable bonds is 5. The van der Waals surface area contributed by atoms with E-state index >= 15 is 0 Å². The molecule has 106 valence electrons. The van der Waals surface area contributed by atoms with Crippen LogP contribution in [0.5, 0.6) is 0 Å². The summed E-state index contributed by atoms with van der Waals surface area (Å²) in [5.74, 6) is -0.175. The van der Waals surface area contributed by atoms with Gasteiger partial charge in [-0.25, -0.2) is 8.42 Å². The van der Waals surface area contributed by atoms with Gasteiger partial charge in [-0.1, -0.05) is 16.8 Å². The molecule has 3 N–H and O–H groups in total. The van der Waals surface area contributed by atoms with Crippen molar-refractivity contribution >= 4 is 27.5 Å². The van der Waals surface area contributed by atoms with Crippen LogP contribution in [0.2, 0.25) is 5.02 Å². The van der Waals surface area contributed by atoms with Crippen molar-refractivity contribution in [3.8, 4) is 0 Å². The van der Waals surface area contributed by atoms with Gasteiger partial charge >= 0.3 is 0 Å². The monoisotopic (exact) mass is 305 g/mol. The Morgan fingerprint density at radius 3 is 2.37 bits per heavy atom. The minimum absolute atomic E-state index is 0.108. The number of benzene rings is 1. The molecule has 0 aromatic heterocycles. The third kappa shape index (κ3) is 3.82. The molecule has 0 saturated heterocycles. The maximum Gasteiger partial charge on any atom is 0.243 e. The van der Waals surface area contributed by atoms with Crippen LogP contribution in [0.3, 0.4) is 0 Å². The van der Waals surface area contributed by atoms with Crippen LogP contribution in [0.25, 0.3) is 0 Å². The highest BCUT2D eigenvalue weighted by Gasteiger charge is 2.27. The summed E-state index contributed by atoms with van der Waals surface area (Å²) in [6.45, 7) is 3.23. The third-order valence-electron chi connectivity index (χ3n) is 2.44. The zero-order valence-corrected chi connectivity index (χ0v) is 12.2. The Balaban J connectivity index is 3.17. The van der Waals surface area contributed by atoms with Gasteiger partial charge in [0.2, 0.25) is 10.0 Å². The Morgan fingerprint density at radius 2 is 1.95 bits per heavy atom. The minimum Gasteiger partial charge on any atom is -0.409 e. The molecule has 0 unspecified atom stereocenters. The molecule has 0 bridgehead atoms. The molecule has 0 aliphatic heterocycles. The fourth-order valence-corrected chi connectivity index (χ4v) is 3.21. The number of halogens is 1. The molecule has 0 atom stereocenters. The number of nitrogens with two attached hydrogens (primary N) is 1. The molecule has 0 radical (unpaired) electrons. The van der Waals surface area contributed by atoms with E-state index in [9.17, 15) is 8.42 Å². The molecule has 1 aromatic carbocycles. The SMILES string of the molecule is CC(C)N(CC(N)=NO)S(=O)(=O)c1ccc(Cl)cc1. The van der Waals surface area contributed by atoms with Crippen LogP contribution in [-0.4, -0.2) is 36.4 Å². The van der Waals surface area contributed by atoms with Crippen molar-refractivity contribution in [3.05, 3.63) is 29.3 Å². The smallest absolute Gasteiger partial charge is 0.243 e. The van der Waals surface area contributed by atoms with Gasteiger partial charge in [-0.05, 0) is 38.1 Å². The van der Waals surface area contributed by atoms with Crippen molar-refractivity contribution in [2.24, 2.45) is 10.9 Å². The summed E-state index contributed by atoms with van der Waals surface area (Å²) in [5.41, 5.74) is 5.38. The predicted octanol–water partition coefficient (Wildman–Crippen LogP) is 1.49. The third-order valence-corrected chi connectivity index (χ3v) is 4.73. The first kappa shape index (κ1) is 15.7. The second-order valence-electron chi connectivity index (χ2n) is 4.19. The molecule has 0 spiro atoms. The molecular formula is C11H16ClN3O3S. The van der Waals surface area contributed by atoms with Crippen LogP contribution >= 0.6 is 11.6 Å². The Morgan fingerprint density at radius 1 is 1.42 bits per heavy atom. The van der Waals surface area contributed by atoms with Gasteiger partial charge in [-0.2, -0.15) is 4.31 Å². The Hall–Kier alpha value is -1.31. The van der Waals surface area contributed by atoms with Gasteiger partial charge in [0.25, 0.3) is 0 Å². The number of oxime groups is 1. The lowest BCUT2D eigenvalue weighted by atomic mass is 10.4.